The lowest BCUT2D eigenvalue weighted by molar-refractivity contribution is -0.143. The van der Waals surface area contributed by atoms with E-state index in [0.29, 0.717) is 26.2 Å². The van der Waals surface area contributed by atoms with Crippen LogP contribution in [0.5, 0.6) is 5.75 Å². The largest absolute Gasteiger partial charge is 0.496 e. The van der Waals surface area contributed by atoms with Crippen LogP contribution in [0, 0.1) is 0 Å². The number of hydrogen-bond donors (Lipinski definition) is 1. The molecule has 0 radical (unpaired) electrons. The maximum absolute atomic E-state index is 11.3. The van der Waals surface area contributed by atoms with Gasteiger partial charge in [0.2, 0.25) is 0 Å². The van der Waals surface area contributed by atoms with Crippen molar-refractivity contribution in [2.75, 3.05) is 27.4 Å². The number of hydrogen-bond acceptors (Lipinski definition) is 5. The molecule has 0 saturated heterocycles. The zero-order chi connectivity index (χ0) is 15.7. The van der Waals surface area contributed by atoms with Crippen LogP contribution >= 0.6 is 0 Å². The second kappa shape index (κ2) is 9.37. The van der Waals surface area contributed by atoms with Crippen LogP contribution in [0.1, 0.15) is 37.4 Å². The van der Waals surface area contributed by atoms with Gasteiger partial charge in [-0.15, -0.1) is 0 Å². The van der Waals surface area contributed by atoms with E-state index in [1.807, 2.05) is 19.1 Å². The zero-order valence-electron chi connectivity index (χ0n) is 13.3. The molecule has 0 saturated carbocycles. The van der Waals surface area contributed by atoms with Crippen LogP contribution in [-0.4, -0.2) is 33.3 Å². The summed E-state index contributed by atoms with van der Waals surface area (Å²) in [5, 5.41) is 3.31. The molecular formula is C16H25NO4. The quantitative estimate of drug-likeness (QED) is 0.709. The highest BCUT2D eigenvalue weighted by Crippen LogP contribution is 2.24. The van der Waals surface area contributed by atoms with Gasteiger partial charge in [-0.25, -0.2) is 0 Å². The number of methoxy groups -OCH3 is 2. The predicted octanol–water partition coefficient (Wildman–Crippen LogP) is 2.45. The van der Waals surface area contributed by atoms with Gasteiger partial charge in [-0.1, -0.05) is 6.07 Å². The number of ether oxygens (including phenoxy) is 3. The first-order chi connectivity index (χ1) is 10.1. The van der Waals surface area contributed by atoms with Crippen LogP contribution in [0.2, 0.25) is 0 Å². The molecule has 1 N–H and O–H groups in total. The highest BCUT2D eigenvalue weighted by atomic mass is 16.5. The fourth-order valence-electron chi connectivity index (χ4n) is 2.08. The number of benzene rings is 1. The Bertz CT molecular complexity index is 448. The van der Waals surface area contributed by atoms with Gasteiger partial charge in [-0.3, -0.25) is 4.79 Å². The lowest BCUT2D eigenvalue weighted by Gasteiger charge is -2.16. The van der Waals surface area contributed by atoms with Gasteiger partial charge >= 0.3 is 5.97 Å². The molecule has 1 rings (SSSR count). The SMILES string of the molecule is CCOC(=O)CCNC(C)c1ccc(OC)c(COC)c1. The van der Waals surface area contributed by atoms with Gasteiger partial charge in [-0.05, 0) is 31.5 Å². The van der Waals surface area contributed by atoms with Gasteiger partial charge in [0, 0.05) is 25.3 Å². The van der Waals surface area contributed by atoms with Crippen molar-refractivity contribution in [2.24, 2.45) is 0 Å². The first-order valence-electron chi connectivity index (χ1n) is 7.17. The standard InChI is InChI=1S/C16H25NO4/c1-5-21-16(18)8-9-17-12(2)13-6-7-15(20-4)14(10-13)11-19-3/h6-7,10,12,17H,5,8-9,11H2,1-4H3. The molecule has 118 valence electrons. The summed E-state index contributed by atoms with van der Waals surface area (Å²) >= 11 is 0. The summed E-state index contributed by atoms with van der Waals surface area (Å²) in [6, 6.07) is 6.15. The molecular weight excluding hydrogens is 270 g/mol. The molecule has 0 aliphatic heterocycles. The molecule has 1 unspecified atom stereocenters. The van der Waals surface area contributed by atoms with E-state index in [1.54, 1.807) is 14.2 Å². The van der Waals surface area contributed by atoms with Gasteiger partial charge in [0.15, 0.2) is 0 Å². The van der Waals surface area contributed by atoms with Gasteiger partial charge in [0.1, 0.15) is 5.75 Å². The lowest BCUT2D eigenvalue weighted by atomic mass is 10.0. The summed E-state index contributed by atoms with van der Waals surface area (Å²) < 4.78 is 15.4. The highest BCUT2D eigenvalue weighted by molar-refractivity contribution is 5.69. The number of carbonyl (C=O) groups excluding carboxylic acids is 1. The normalized spacial score (nSPS) is 12.0. The number of rotatable bonds is 9. The Morgan fingerprint density at radius 3 is 2.71 bits per heavy atom. The fraction of sp³-hybridized carbons (Fsp3) is 0.562. The van der Waals surface area contributed by atoms with Gasteiger partial charge in [-0.2, -0.15) is 0 Å². The topological polar surface area (TPSA) is 56.8 Å². The molecule has 0 spiro atoms. The van der Waals surface area contributed by atoms with Crippen LogP contribution in [0.4, 0.5) is 0 Å². The van der Waals surface area contributed by atoms with E-state index in [1.165, 1.54) is 0 Å². The van der Waals surface area contributed by atoms with Crippen LogP contribution in [0.25, 0.3) is 0 Å². The Morgan fingerprint density at radius 2 is 2.10 bits per heavy atom. The molecule has 0 aromatic heterocycles. The van der Waals surface area contributed by atoms with E-state index in [-0.39, 0.29) is 12.0 Å². The predicted molar refractivity (Wildman–Crippen MR) is 81.4 cm³/mol. The molecule has 0 fully saturated rings. The van der Waals surface area contributed by atoms with E-state index in [9.17, 15) is 4.79 Å². The minimum absolute atomic E-state index is 0.140. The van der Waals surface area contributed by atoms with E-state index in [4.69, 9.17) is 14.2 Å². The molecule has 0 aliphatic carbocycles. The lowest BCUT2D eigenvalue weighted by Crippen LogP contribution is -2.22. The molecule has 0 heterocycles. The minimum atomic E-state index is -0.174. The number of nitrogens with one attached hydrogen (secondary N) is 1. The Morgan fingerprint density at radius 1 is 1.33 bits per heavy atom. The van der Waals surface area contributed by atoms with Crippen molar-refractivity contribution in [3.63, 3.8) is 0 Å². The Labute approximate surface area is 126 Å². The molecule has 5 heteroatoms. The maximum Gasteiger partial charge on any atom is 0.307 e. The van der Waals surface area contributed by atoms with Crippen LogP contribution in [0.3, 0.4) is 0 Å². The average Bonchev–Trinajstić information content (AvgIpc) is 2.47. The number of carbonyl (C=O) groups is 1. The third kappa shape index (κ3) is 5.73. The molecule has 0 bridgehead atoms. The second-order valence-corrected chi connectivity index (χ2v) is 4.74. The third-order valence-corrected chi connectivity index (χ3v) is 3.19. The fourth-order valence-corrected chi connectivity index (χ4v) is 2.08. The zero-order valence-corrected chi connectivity index (χ0v) is 13.3. The summed E-state index contributed by atoms with van der Waals surface area (Å²) in [6.07, 6.45) is 0.374. The summed E-state index contributed by atoms with van der Waals surface area (Å²) in [5.74, 6) is 0.645. The Hall–Kier alpha value is -1.59. The summed E-state index contributed by atoms with van der Waals surface area (Å²) in [6.45, 7) is 5.39. The van der Waals surface area contributed by atoms with Gasteiger partial charge in [0.05, 0.1) is 26.7 Å². The van der Waals surface area contributed by atoms with Gasteiger partial charge in [0.25, 0.3) is 0 Å². The van der Waals surface area contributed by atoms with Crippen LogP contribution in [0.15, 0.2) is 18.2 Å². The molecule has 1 aromatic rings. The molecule has 1 aromatic carbocycles. The van der Waals surface area contributed by atoms with E-state index < -0.39 is 0 Å². The monoisotopic (exact) mass is 295 g/mol. The number of esters is 1. The average molecular weight is 295 g/mol. The van der Waals surface area contributed by atoms with Crippen molar-refractivity contribution in [2.45, 2.75) is 32.9 Å². The van der Waals surface area contributed by atoms with Crippen molar-refractivity contribution < 1.29 is 19.0 Å². The molecule has 0 amide bonds. The molecule has 0 aliphatic rings. The smallest absolute Gasteiger partial charge is 0.307 e. The Kier molecular flexibility index (Phi) is 7.79. The van der Waals surface area contributed by atoms with Crippen LogP contribution < -0.4 is 10.1 Å². The molecule has 21 heavy (non-hydrogen) atoms. The minimum Gasteiger partial charge on any atom is -0.496 e. The molecule has 5 nitrogen and oxygen atoms in total. The van der Waals surface area contributed by atoms with Crippen molar-refractivity contribution in [1.29, 1.82) is 0 Å². The van der Waals surface area contributed by atoms with Crippen molar-refractivity contribution in [1.82, 2.24) is 5.32 Å². The molecule has 1 atom stereocenters. The first-order valence-corrected chi connectivity index (χ1v) is 7.17. The second-order valence-electron chi connectivity index (χ2n) is 4.74. The van der Waals surface area contributed by atoms with Gasteiger partial charge < -0.3 is 19.5 Å². The maximum atomic E-state index is 11.3. The van der Waals surface area contributed by atoms with E-state index >= 15 is 0 Å². The third-order valence-electron chi connectivity index (χ3n) is 3.19. The summed E-state index contributed by atoms with van der Waals surface area (Å²) in [7, 11) is 3.31. The van der Waals surface area contributed by atoms with E-state index in [2.05, 4.69) is 18.3 Å². The van der Waals surface area contributed by atoms with Crippen molar-refractivity contribution in [3.05, 3.63) is 29.3 Å². The summed E-state index contributed by atoms with van der Waals surface area (Å²) in [4.78, 5) is 11.3. The van der Waals surface area contributed by atoms with Crippen molar-refractivity contribution in [3.8, 4) is 5.75 Å². The van der Waals surface area contributed by atoms with Crippen molar-refractivity contribution >= 4 is 5.97 Å². The summed E-state index contributed by atoms with van der Waals surface area (Å²) in [5.41, 5.74) is 2.14. The highest BCUT2D eigenvalue weighted by Gasteiger charge is 2.10. The first kappa shape index (κ1) is 17.5. The van der Waals surface area contributed by atoms with Crippen LogP contribution in [-0.2, 0) is 20.9 Å². The Balaban J connectivity index is 2.59. The van der Waals surface area contributed by atoms with E-state index in [0.717, 1.165) is 16.9 Å².